The second-order valence-corrected chi connectivity index (χ2v) is 8.44. The van der Waals surface area contributed by atoms with Crippen molar-refractivity contribution in [1.29, 1.82) is 0 Å². The highest BCUT2D eigenvalue weighted by atomic mass is 16.1. The minimum absolute atomic E-state index is 0.189. The van der Waals surface area contributed by atoms with E-state index in [4.69, 9.17) is 4.99 Å². The van der Waals surface area contributed by atoms with Crippen molar-refractivity contribution in [3.8, 4) is 0 Å². The number of rotatable bonds is 6. The normalized spacial score (nSPS) is 11.5. The van der Waals surface area contributed by atoms with Crippen LogP contribution in [-0.4, -0.2) is 21.6 Å². The van der Waals surface area contributed by atoms with Gasteiger partial charge in [-0.2, -0.15) is 5.10 Å². The lowest BCUT2D eigenvalue weighted by molar-refractivity contribution is 0.0976. The van der Waals surface area contributed by atoms with Gasteiger partial charge >= 0.3 is 0 Å². The third-order valence-corrected chi connectivity index (χ3v) is 5.26. The van der Waals surface area contributed by atoms with Gasteiger partial charge in [0.1, 0.15) is 0 Å². The number of amides is 1. The molecule has 0 aliphatic rings. The van der Waals surface area contributed by atoms with Crippen LogP contribution in [-0.2, 0) is 13.1 Å². The molecule has 2 aromatic carbocycles. The second-order valence-electron chi connectivity index (χ2n) is 8.44. The van der Waals surface area contributed by atoms with Crippen molar-refractivity contribution in [2.75, 3.05) is 5.32 Å². The first kappa shape index (κ1) is 23.3. The molecule has 168 valence electrons. The van der Waals surface area contributed by atoms with Crippen LogP contribution in [0, 0.1) is 34.6 Å². The number of anilines is 1. The first-order chi connectivity index (χ1) is 15.2. The predicted molar refractivity (Wildman–Crippen MR) is 131 cm³/mol. The molecular weight excluding hydrogens is 398 g/mol. The van der Waals surface area contributed by atoms with Gasteiger partial charge in [0.05, 0.1) is 12.2 Å². The third-order valence-electron chi connectivity index (χ3n) is 5.26. The number of benzene rings is 2. The second kappa shape index (κ2) is 10.3. The van der Waals surface area contributed by atoms with Crippen molar-refractivity contribution in [1.82, 2.24) is 15.1 Å². The topological polar surface area (TPSA) is 71.3 Å². The molecule has 1 heterocycles. The number of hydrogen-bond acceptors (Lipinski definition) is 3. The maximum Gasteiger partial charge on any atom is 0.257 e. The van der Waals surface area contributed by atoms with Crippen LogP contribution in [0.5, 0.6) is 0 Å². The monoisotopic (exact) mass is 431 g/mol. The Morgan fingerprint density at radius 2 is 1.72 bits per heavy atom. The molecule has 1 amide bonds. The summed E-state index contributed by atoms with van der Waals surface area (Å²) in [5.74, 6) is 0.231. The van der Waals surface area contributed by atoms with Gasteiger partial charge in [0, 0.05) is 29.6 Å². The Labute approximate surface area is 190 Å². The molecule has 0 atom stereocenters. The molecule has 32 heavy (non-hydrogen) atoms. The molecule has 2 N–H and O–H groups in total. The van der Waals surface area contributed by atoms with Gasteiger partial charge in [0.15, 0.2) is 0 Å². The van der Waals surface area contributed by atoms with Crippen molar-refractivity contribution < 1.29 is 4.79 Å². The highest BCUT2D eigenvalue weighted by molar-refractivity contribution is 6.10. The molecular formula is C26H33N5O. The van der Waals surface area contributed by atoms with E-state index in [1.807, 2.05) is 62.8 Å². The summed E-state index contributed by atoms with van der Waals surface area (Å²) >= 11 is 0. The number of nitrogens with one attached hydrogen (secondary N) is 2. The molecule has 3 rings (SSSR count). The number of hydrogen-bond donors (Lipinski definition) is 2. The van der Waals surface area contributed by atoms with Gasteiger partial charge in [-0.1, -0.05) is 41.8 Å². The standard InChI is InChI=1S/C26H33N5O/c1-7-10-31-16-23(21(6)30-31)15-27-26(28-24-9-8-17(2)12-20(24)5)29-25(32)22-13-18(3)11-19(4)14-22/h8-9,11-14,16H,7,10,15H2,1-6H3,(H2,27,28,29,32). The number of aryl methyl sites for hydroxylation is 6. The van der Waals surface area contributed by atoms with Gasteiger partial charge in [-0.15, -0.1) is 0 Å². The van der Waals surface area contributed by atoms with Gasteiger partial charge in [-0.3, -0.25) is 14.8 Å². The van der Waals surface area contributed by atoms with Crippen molar-refractivity contribution in [2.24, 2.45) is 4.99 Å². The van der Waals surface area contributed by atoms with Crippen LogP contribution < -0.4 is 10.6 Å². The third kappa shape index (κ3) is 6.06. The van der Waals surface area contributed by atoms with E-state index in [9.17, 15) is 4.79 Å². The molecule has 3 aromatic rings. The number of nitrogens with zero attached hydrogens (tertiary/aromatic N) is 3. The molecule has 0 bridgehead atoms. The number of aliphatic imine (C=N–C) groups is 1. The fourth-order valence-corrected chi connectivity index (χ4v) is 3.70. The molecule has 0 saturated heterocycles. The Morgan fingerprint density at radius 1 is 1.00 bits per heavy atom. The van der Waals surface area contributed by atoms with E-state index in [-0.39, 0.29) is 5.91 Å². The maximum absolute atomic E-state index is 13.0. The Morgan fingerprint density at radius 3 is 2.38 bits per heavy atom. The van der Waals surface area contributed by atoms with Crippen LogP contribution in [0.4, 0.5) is 5.69 Å². The summed E-state index contributed by atoms with van der Waals surface area (Å²) in [6, 6.07) is 12.0. The van der Waals surface area contributed by atoms with Gasteiger partial charge < -0.3 is 5.32 Å². The van der Waals surface area contributed by atoms with Crippen LogP contribution in [0.2, 0.25) is 0 Å². The van der Waals surface area contributed by atoms with Crippen molar-refractivity contribution in [3.05, 3.63) is 81.7 Å². The molecule has 0 radical (unpaired) electrons. The average Bonchev–Trinajstić information content (AvgIpc) is 3.06. The Hall–Kier alpha value is -3.41. The Balaban J connectivity index is 1.87. The van der Waals surface area contributed by atoms with E-state index in [1.54, 1.807) is 0 Å². The summed E-state index contributed by atoms with van der Waals surface area (Å²) in [7, 11) is 0. The highest BCUT2D eigenvalue weighted by Gasteiger charge is 2.12. The molecule has 0 saturated carbocycles. The van der Waals surface area contributed by atoms with E-state index >= 15 is 0 Å². The van der Waals surface area contributed by atoms with Gasteiger partial charge in [0.2, 0.25) is 5.96 Å². The van der Waals surface area contributed by atoms with E-state index in [1.165, 1.54) is 5.56 Å². The fourth-order valence-electron chi connectivity index (χ4n) is 3.70. The van der Waals surface area contributed by atoms with Gasteiger partial charge in [-0.25, -0.2) is 4.99 Å². The molecule has 6 heteroatoms. The van der Waals surface area contributed by atoms with E-state index in [2.05, 4.69) is 41.7 Å². The van der Waals surface area contributed by atoms with Crippen molar-refractivity contribution in [2.45, 2.75) is 61.1 Å². The predicted octanol–water partition coefficient (Wildman–Crippen LogP) is 5.23. The average molecular weight is 432 g/mol. The summed E-state index contributed by atoms with van der Waals surface area (Å²) in [5.41, 5.74) is 7.89. The fraction of sp³-hybridized carbons (Fsp3) is 0.346. The van der Waals surface area contributed by atoms with Crippen molar-refractivity contribution in [3.63, 3.8) is 0 Å². The minimum atomic E-state index is -0.189. The molecule has 0 aliphatic heterocycles. The van der Waals surface area contributed by atoms with Crippen molar-refractivity contribution >= 4 is 17.6 Å². The molecule has 1 aromatic heterocycles. The lowest BCUT2D eigenvalue weighted by Crippen LogP contribution is -2.36. The van der Waals surface area contributed by atoms with E-state index in [0.29, 0.717) is 18.1 Å². The zero-order valence-electron chi connectivity index (χ0n) is 19.9. The molecule has 0 unspecified atom stereocenters. The van der Waals surface area contributed by atoms with Crippen LogP contribution >= 0.6 is 0 Å². The van der Waals surface area contributed by atoms with E-state index in [0.717, 1.165) is 46.6 Å². The molecule has 0 fully saturated rings. The van der Waals surface area contributed by atoms with Gasteiger partial charge in [-0.05, 0) is 64.8 Å². The zero-order valence-corrected chi connectivity index (χ0v) is 19.9. The Bertz CT molecular complexity index is 1120. The van der Waals surface area contributed by atoms with Crippen LogP contribution in [0.1, 0.15) is 57.2 Å². The Kier molecular flexibility index (Phi) is 7.46. The largest absolute Gasteiger partial charge is 0.326 e. The first-order valence-corrected chi connectivity index (χ1v) is 11.1. The quantitative estimate of drug-likeness (QED) is 0.414. The summed E-state index contributed by atoms with van der Waals surface area (Å²) in [5, 5.41) is 10.8. The lowest BCUT2D eigenvalue weighted by Gasteiger charge is -2.14. The highest BCUT2D eigenvalue weighted by Crippen LogP contribution is 2.17. The van der Waals surface area contributed by atoms with E-state index < -0.39 is 0 Å². The lowest BCUT2D eigenvalue weighted by atomic mass is 10.1. The summed E-state index contributed by atoms with van der Waals surface area (Å²) in [4.78, 5) is 17.7. The zero-order chi connectivity index (χ0) is 23.3. The van der Waals surface area contributed by atoms with Crippen LogP contribution in [0.15, 0.2) is 47.6 Å². The minimum Gasteiger partial charge on any atom is -0.326 e. The number of guanidine groups is 1. The molecule has 0 spiro atoms. The van der Waals surface area contributed by atoms with Crippen LogP contribution in [0.3, 0.4) is 0 Å². The molecule has 6 nitrogen and oxygen atoms in total. The van der Waals surface area contributed by atoms with Crippen LogP contribution in [0.25, 0.3) is 0 Å². The SMILES string of the molecule is CCCn1cc(CN=C(NC(=O)c2cc(C)cc(C)c2)Nc2ccc(C)cc2C)c(C)n1. The number of carbonyl (C=O) groups is 1. The summed E-state index contributed by atoms with van der Waals surface area (Å²) in [6.45, 7) is 13.5. The number of carbonyl (C=O) groups excluding carboxylic acids is 1. The number of aromatic nitrogens is 2. The summed E-state index contributed by atoms with van der Waals surface area (Å²) in [6.07, 6.45) is 3.05. The maximum atomic E-state index is 13.0. The summed E-state index contributed by atoms with van der Waals surface area (Å²) < 4.78 is 1.95. The van der Waals surface area contributed by atoms with Gasteiger partial charge in [0.25, 0.3) is 5.91 Å². The molecule has 0 aliphatic carbocycles. The smallest absolute Gasteiger partial charge is 0.257 e. The first-order valence-electron chi connectivity index (χ1n) is 11.1.